The summed E-state index contributed by atoms with van der Waals surface area (Å²) in [6.07, 6.45) is 3.72. The Labute approximate surface area is 116 Å². The molecule has 0 unspecified atom stereocenters. The standard InChI is InChI=1S/C13H16BrNOS/c1-3-4-5-8-15(2)13(16)11-9-10(17)6-7-12(11)14/h3,6-7,9,17H,1,4-5,8H2,2H3. The van der Waals surface area contributed by atoms with Crippen LogP contribution in [-0.2, 0) is 0 Å². The number of carbonyl (C=O) groups is 1. The summed E-state index contributed by atoms with van der Waals surface area (Å²) in [4.78, 5) is 14.7. The first-order valence-corrected chi connectivity index (χ1v) is 6.65. The third-order valence-electron chi connectivity index (χ3n) is 2.43. The Morgan fingerprint density at radius 3 is 2.94 bits per heavy atom. The predicted octanol–water partition coefficient (Wildman–Crippen LogP) is 3.78. The molecule has 0 N–H and O–H groups in total. The van der Waals surface area contributed by atoms with E-state index in [-0.39, 0.29) is 5.91 Å². The molecule has 17 heavy (non-hydrogen) atoms. The number of halogens is 1. The van der Waals surface area contributed by atoms with Gasteiger partial charge in [0, 0.05) is 23.0 Å². The first-order valence-electron chi connectivity index (χ1n) is 5.41. The topological polar surface area (TPSA) is 20.3 Å². The summed E-state index contributed by atoms with van der Waals surface area (Å²) in [5.41, 5.74) is 0.651. The summed E-state index contributed by atoms with van der Waals surface area (Å²) >= 11 is 7.63. The molecule has 0 radical (unpaired) electrons. The molecule has 92 valence electrons. The number of benzene rings is 1. The van der Waals surface area contributed by atoms with Crippen molar-refractivity contribution in [3.8, 4) is 0 Å². The number of nitrogens with zero attached hydrogens (tertiary/aromatic N) is 1. The maximum absolute atomic E-state index is 12.1. The van der Waals surface area contributed by atoms with Crippen LogP contribution in [0.1, 0.15) is 23.2 Å². The van der Waals surface area contributed by atoms with Crippen LogP contribution < -0.4 is 0 Å². The van der Waals surface area contributed by atoms with Crippen molar-refractivity contribution in [2.45, 2.75) is 17.7 Å². The van der Waals surface area contributed by atoms with Crippen LogP contribution in [0.5, 0.6) is 0 Å². The van der Waals surface area contributed by atoms with E-state index in [1.165, 1.54) is 0 Å². The Kier molecular flexibility index (Phi) is 5.78. The fourth-order valence-electron chi connectivity index (χ4n) is 1.46. The van der Waals surface area contributed by atoms with E-state index in [1.54, 1.807) is 11.0 Å². The minimum Gasteiger partial charge on any atom is -0.342 e. The summed E-state index contributed by atoms with van der Waals surface area (Å²) in [6.45, 7) is 4.40. The van der Waals surface area contributed by atoms with Gasteiger partial charge in [-0.3, -0.25) is 4.79 Å². The number of unbranched alkanes of at least 4 members (excludes halogenated alkanes) is 1. The summed E-state index contributed by atoms with van der Waals surface area (Å²) in [5.74, 6) is 0.0110. The largest absolute Gasteiger partial charge is 0.342 e. The van der Waals surface area contributed by atoms with Crippen molar-refractivity contribution < 1.29 is 4.79 Å². The second kappa shape index (κ2) is 6.87. The van der Waals surface area contributed by atoms with Crippen molar-refractivity contribution in [3.63, 3.8) is 0 Å². The van der Waals surface area contributed by atoms with Crippen LogP contribution in [0.25, 0.3) is 0 Å². The Morgan fingerprint density at radius 2 is 2.29 bits per heavy atom. The molecule has 0 heterocycles. The van der Waals surface area contributed by atoms with Gasteiger partial charge in [-0.1, -0.05) is 6.08 Å². The van der Waals surface area contributed by atoms with Gasteiger partial charge in [0.1, 0.15) is 0 Å². The maximum Gasteiger partial charge on any atom is 0.254 e. The molecule has 2 nitrogen and oxygen atoms in total. The van der Waals surface area contributed by atoms with E-state index >= 15 is 0 Å². The fourth-order valence-corrected chi connectivity index (χ4v) is 2.08. The molecular weight excluding hydrogens is 298 g/mol. The van der Waals surface area contributed by atoms with E-state index in [0.717, 1.165) is 28.8 Å². The molecule has 1 rings (SSSR count). The zero-order valence-electron chi connectivity index (χ0n) is 9.82. The average Bonchev–Trinajstić information content (AvgIpc) is 2.31. The van der Waals surface area contributed by atoms with Crippen LogP contribution in [0.15, 0.2) is 40.2 Å². The minimum absolute atomic E-state index is 0.0110. The minimum atomic E-state index is 0.0110. The van der Waals surface area contributed by atoms with Gasteiger partial charge in [0.05, 0.1) is 5.56 Å². The van der Waals surface area contributed by atoms with E-state index in [4.69, 9.17) is 0 Å². The molecule has 0 bridgehead atoms. The van der Waals surface area contributed by atoms with Gasteiger partial charge >= 0.3 is 0 Å². The number of rotatable bonds is 5. The zero-order valence-corrected chi connectivity index (χ0v) is 12.3. The van der Waals surface area contributed by atoms with Gasteiger partial charge in [-0.25, -0.2) is 0 Å². The average molecular weight is 314 g/mol. The van der Waals surface area contributed by atoms with E-state index in [2.05, 4.69) is 35.1 Å². The SMILES string of the molecule is C=CCCCN(C)C(=O)c1cc(S)ccc1Br. The predicted molar refractivity (Wildman–Crippen MR) is 77.8 cm³/mol. The lowest BCUT2D eigenvalue weighted by molar-refractivity contribution is 0.0792. The van der Waals surface area contributed by atoms with Gasteiger partial charge in [-0.05, 0) is 47.0 Å². The smallest absolute Gasteiger partial charge is 0.254 e. The van der Waals surface area contributed by atoms with Crippen LogP contribution >= 0.6 is 28.6 Å². The molecule has 1 aromatic carbocycles. The van der Waals surface area contributed by atoms with E-state index in [1.807, 2.05) is 25.3 Å². The van der Waals surface area contributed by atoms with Gasteiger partial charge < -0.3 is 4.90 Å². The van der Waals surface area contributed by atoms with Crippen LogP contribution in [0.4, 0.5) is 0 Å². The van der Waals surface area contributed by atoms with Crippen molar-refractivity contribution in [1.82, 2.24) is 4.90 Å². The lowest BCUT2D eigenvalue weighted by Gasteiger charge is -2.17. The Balaban J connectivity index is 2.74. The highest BCUT2D eigenvalue weighted by Crippen LogP contribution is 2.21. The lowest BCUT2D eigenvalue weighted by atomic mass is 10.2. The molecule has 0 aliphatic heterocycles. The first-order chi connectivity index (χ1) is 8.06. The van der Waals surface area contributed by atoms with Crippen LogP contribution in [-0.4, -0.2) is 24.4 Å². The second-order valence-electron chi connectivity index (χ2n) is 3.82. The van der Waals surface area contributed by atoms with Gasteiger partial charge in [-0.15, -0.1) is 19.2 Å². The molecule has 0 saturated carbocycles. The van der Waals surface area contributed by atoms with Crippen molar-refractivity contribution in [2.24, 2.45) is 0 Å². The van der Waals surface area contributed by atoms with Crippen LogP contribution in [0.2, 0.25) is 0 Å². The summed E-state index contributed by atoms with van der Waals surface area (Å²) < 4.78 is 0.802. The van der Waals surface area contributed by atoms with Crippen LogP contribution in [0.3, 0.4) is 0 Å². The monoisotopic (exact) mass is 313 g/mol. The summed E-state index contributed by atoms with van der Waals surface area (Å²) in [5, 5.41) is 0. The molecule has 0 spiro atoms. The highest BCUT2D eigenvalue weighted by molar-refractivity contribution is 9.10. The maximum atomic E-state index is 12.1. The molecular formula is C13H16BrNOS. The number of carbonyl (C=O) groups excluding carboxylic acids is 1. The molecule has 1 amide bonds. The molecule has 0 saturated heterocycles. The van der Waals surface area contributed by atoms with E-state index < -0.39 is 0 Å². The quantitative estimate of drug-likeness (QED) is 0.498. The van der Waals surface area contributed by atoms with E-state index in [9.17, 15) is 4.79 Å². The van der Waals surface area contributed by atoms with Gasteiger partial charge in [0.15, 0.2) is 0 Å². The lowest BCUT2D eigenvalue weighted by Crippen LogP contribution is -2.28. The number of allylic oxidation sites excluding steroid dienone is 1. The third kappa shape index (κ3) is 4.21. The number of hydrogen-bond donors (Lipinski definition) is 1. The molecule has 0 atom stereocenters. The number of amides is 1. The zero-order chi connectivity index (χ0) is 12.8. The van der Waals surface area contributed by atoms with Crippen molar-refractivity contribution in [2.75, 3.05) is 13.6 Å². The summed E-state index contributed by atoms with van der Waals surface area (Å²) in [6, 6.07) is 5.47. The Hall–Kier alpha value is -0.740. The highest BCUT2D eigenvalue weighted by atomic mass is 79.9. The van der Waals surface area contributed by atoms with Gasteiger partial charge in [0.25, 0.3) is 5.91 Å². The molecule has 0 fully saturated rings. The number of thiol groups is 1. The fraction of sp³-hybridized carbons (Fsp3) is 0.308. The van der Waals surface area contributed by atoms with Crippen LogP contribution in [0, 0.1) is 0 Å². The second-order valence-corrected chi connectivity index (χ2v) is 5.19. The van der Waals surface area contributed by atoms with Crippen molar-refractivity contribution in [3.05, 3.63) is 40.9 Å². The molecule has 1 aromatic rings. The van der Waals surface area contributed by atoms with Gasteiger partial charge in [0.2, 0.25) is 0 Å². The molecule has 0 aliphatic rings. The van der Waals surface area contributed by atoms with Gasteiger partial charge in [-0.2, -0.15) is 0 Å². The van der Waals surface area contributed by atoms with Crippen molar-refractivity contribution in [1.29, 1.82) is 0 Å². The normalized spacial score (nSPS) is 10.1. The first kappa shape index (κ1) is 14.3. The summed E-state index contributed by atoms with van der Waals surface area (Å²) in [7, 11) is 1.81. The third-order valence-corrected chi connectivity index (χ3v) is 3.40. The van der Waals surface area contributed by atoms with Crippen molar-refractivity contribution >= 4 is 34.5 Å². The highest BCUT2D eigenvalue weighted by Gasteiger charge is 2.14. The number of hydrogen-bond acceptors (Lipinski definition) is 2. The van der Waals surface area contributed by atoms with E-state index in [0.29, 0.717) is 5.56 Å². The molecule has 0 aliphatic carbocycles. The molecule has 4 heteroatoms. The Bertz CT molecular complexity index is 420. The Morgan fingerprint density at radius 1 is 1.59 bits per heavy atom. The molecule has 0 aromatic heterocycles.